The number of anilines is 2. The zero-order valence-electron chi connectivity index (χ0n) is 15.7. The van der Waals surface area contributed by atoms with E-state index in [1.54, 1.807) is 23.4 Å². The van der Waals surface area contributed by atoms with E-state index >= 15 is 0 Å². The number of hydrogen-bond donors (Lipinski definition) is 1. The number of carbonyl (C=O) groups is 1. The predicted molar refractivity (Wildman–Crippen MR) is 106 cm³/mol. The lowest BCUT2D eigenvalue weighted by molar-refractivity contribution is -0.0814. The average molecular weight is 389 g/mol. The van der Waals surface area contributed by atoms with Crippen molar-refractivity contribution in [1.29, 1.82) is 0 Å². The van der Waals surface area contributed by atoms with E-state index < -0.39 is 0 Å². The fourth-order valence-electron chi connectivity index (χ4n) is 3.03. The molecule has 7 heteroatoms. The van der Waals surface area contributed by atoms with Gasteiger partial charge >= 0.3 is 0 Å². The summed E-state index contributed by atoms with van der Waals surface area (Å²) in [6.45, 7) is 5.45. The van der Waals surface area contributed by atoms with E-state index in [-0.39, 0.29) is 12.1 Å². The van der Waals surface area contributed by atoms with Crippen LogP contribution < -0.4 is 5.32 Å². The molecule has 1 unspecified atom stereocenters. The first-order valence-electron chi connectivity index (χ1n) is 9.36. The quantitative estimate of drug-likeness (QED) is 0.785. The minimum Gasteiger partial charge on any atom is -0.358 e. The van der Waals surface area contributed by atoms with Gasteiger partial charge in [-0.25, -0.2) is 4.98 Å². The number of ether oxygens (including phenoxy) is 1. The van der Waals surface area contributed by atoms with Crippen LogP contribution in [-0.2, 0) is 4.74 Å². The van der Waals surface area contributed by atoms with Gasteiger partial charge in [-0.1, -0.05) is 24.9 Å². The normalized spacial score (nSPS) is 17.0. The zero-order valence-corrected chi connectivity index (χ0v) is 16.5. The number of nitrogens with zero attached hydrogens (tertiary/aromatic N) is 3. The number of nitrogens with one attached hydrogen (secondary N) is 1. The van der Waals surface area contributed by atoms with Crippen molar-refractivity contribution in [2.24, 2.45) is 0 Å². The molecule has 0 radical (unpaired) electrons. The highest BCUT2D eigenvalue weighted by Crippen LogP contribution is 2.26. The number of amides is 1. The number of unbranched alkanes of at least 4 members (excludes halogenated alkanes) is 1. The minimum atomic E-state index is -0.165. The number of halogens is 1. The van der Waals surface area contributed by atoms with Crippen LogP contribution in [0.4, 0.5) is 11.5 Å². The second-order valence-electron chi connectivity index (χ2n) is 6.69. The summed E-state index contributed by atoms with van der Waals surface area (Å²) in [4.78, 5) is 23.3. The molecule has 2 aromatic heterocycles. The Hall–Kier alpha value is -2.18. The van der Waals surface area contributed by atoms with E-state index in [0.29, 0.717) is 29.6 Å². The maximum atomic E-state index is 12.9. The molecule has 3 heterocycles. The molecule has 1 amide bonds. The van der Waals surface area contributed by atoms with Crippen molar-refractivity contribution < 1.29 is 9.53 Å². The molecule has 0 aliphatic carbocycles. The Labute approximate surface area is 164 Å². The summed E-state index contributed by atoms with van der Waals surface area (Å²) < 4.78 is 5.81. The smallest absolute Gasteiger partial charge is 0.257 e. The van der Waals surface area contributed by atoms with Crippen molar-refractivity contribution in [3.63, 3.8) is 0 Å². The molecule has 1 aliphatic heterocycles. The maximum absolute atomic E-state index is 12.9. The predicted octanol–water partition coefficient (Wildman–Crippen LogP) is 4.56. The minimum absolute atomic E-state index is 0.0891. The van der Waals surface area contributed by atoms with Crippen molar-refractivity contribution in [1.82, 2.24) is 14.9 Å². The van der Waals surface area contributed by atoms with Crippen LogP contribution in [0, 0.1) is 6.92 Å². The van der Waals surface area contributed by atoms with Crippen molar-refractivity contribution in [3.05, 3.63) is 46.9 Å². The van der Waals surface area contributed by atoms with Gasteiger partial charge in [0, 0.05) is 18.4 Å². The maximum Gasteiger partial charge on any atom is 0.257 e. The standard InChI is InChI=1S/C20H25ClN4O2/c1-3-4-6-18-25(9-5-10-27-18)20(26)15-11-17(21)19(23-12-15)24-16-8-7-14(2)22-13-16/h7-8,11-13,18H,3-6,9-10H2,1-2H3,(H,23,24). The third-order valence-electron chi connectivity index (χ3n) is 4.53. The first-order chi connectivity index (χ1) is 13.1. The molecule has 1 fully saturated rings. The van der Waals surface area contributed by atoms with Gasteiger partial charge in [0.1, 0.15) is 12.0 Å². The van der Waals surface area contributed by atoms with Crippen molar-refractivity contribution in [2.45, 2.75) is 45.8 Å². The molecule has 6 nitrogen and oxygen atoms in total. The van der Waals surface area contributed by atoms with E-state index in [1.807, 2.05) is 19.1 Å². The number of pyridine rings is 2. The second kappa shape index (κ2) is 9.15. The van der Waals surface area contributed by atoms with Gasteiger partial charge in [-0.3, -0.25) is 9.78 Å². The molecule has 0 aromatic carbocycles. The fraction of sp³-hybridized carbons (Fsp3) is 0.450. The molecule has 3 rings (SSSR count). The van der Waals surface area contributed by atoms with E-state index in [0.717, 1.165) is 37.1 Å². The van der Waals surface area contributed by atoms with Gasteiger partial charge in [0.15, 0.2) is 0 Å². The van der Waals surface area contributed by atoms with Crippen LogP contribution in [0.15, 0.2) is 30.6 Å². The van der Waals surface area contributed by atoms with Crippen LogP contribution in [0.2, 0.25) is 5.02 Å². The largest absolute Gasteiger partial charge is 0.358 e. The van der Waals surface area contributed by atoms with Crippen LogP contribution in [0.5, 0.6) is 0 Å². The number of rotatable bonds is 6. The summed E-state index contributed by atoms with van der Waals surface area (Å²) >= 11 is 6.37. The highest BCUT2D eigenvalue weighted by atomic mass is 35.5. The highest BCUT2D eigenvalue weighted by molar-refractivity contribution is 6.33. The highest BCUT2D eigenvalue weighted by Gasteiger charge is 2.28. The third kappa shape index (κ3) is 4.96. The van der Waals surface area contributed by atoms with Crippen molar-refractivity contribution >= 4 is 29.0 Å². The molecule has 144 valence electrons. The summed E-state index contributed by atoms with van der Waals surface area (Å²) in [6.07, 6.45) is 6.91. The van der Waals surface area contributed by atoms with Gasteiger partial charge in [-0.2, -0.15) is 0 Å². The third-order valence-corrected chi connectivity index (χ3v) is 4.82. The summed E-state index contributed by atoms with van der Waals surface area (Å²) in [5.74, 6) is 0.407. The summed E-state index contributed by atoms with van der Waals surface area (Å²) in [6, 6.07) is 5.47. The number of hydrogen-bond acceptors (Lipinski definition) is 5. The van der Waals surface area contributed by atoms with Gasteiger partial charge in [-0.15, -0.1) is 0 Å². The average Bonchev–Trinajstić information content (AvgIpc) is 2.69. The monoisotopic (exact) mass is 388 g/mol. The molecule has 1 atom stereocenters. The van der Waals surface area contributed by atoms with E-state index in [4.69, 9.17) is 16.3 Å². The van der Waals surface area contributed by atoms with E-state index in [1.165, 1.54) is 0 Å². The van der Waals surface area contributed by atoms with Gasteiger partial charge < -0.3 is 15.0 Å². The molecule has 0 spiro atoms. The topological polar surface area (TPSA) is 67.3 Å². The molecule has 1 N–H and O–H groups in total. The molecule has 1 aliphatic rings. The SMILES string of the molecule is CCCCC1OCCCN1C(=O)c1cnc(Nc2ccc(C)nc2)c(Cl)c1. The Morgan fingerprint density at radius 3 is 2.93 bits per heavy atom. The zero-order chi connectivity index (χ0) is 19.2. The lowest BCUT2D eigenvalue weighted by Crippen LogP contribution is -2.46. The van der Waals surface area contributed by atoms with Crippen molar-refractivity contribution in [2.75, 3.05) is 18.5 Å². The fourth-order valence-corrected chi connectivity index (χ4v) is 3.24. The molecule has 27 heavy (non-hydrogen) atoms. The molecular formula is C20H25ClN4O2. The van der Waals surface area contributed by atoms with Crippen LogP contribution in [-0.4, -0.2) is 40.2 Å². The van der Waals surface area contributed by atoms with Crippen LogP contribution in [0.3, 0.4) is 0 Å². The van der Waals surface area contributed by atoms with Crippen molar-refractivity contribution in [3.8, 4) is 0 Å². The molecule has 0 bridgehead atoms. The Morgan fingerprint density at radius 1 is 1.37 bits per heavy atom. The van der Waals surface area contributed by atoms with Crippen LogP contribution in [0.25, 0.3) is 0 Å². The summed E-state index contributed by atoms with van der Waals surface area (Å²) in [5.41, 5.74) is 2.19. The number of aryl methyl sites for hydroxylation is 1. The van der Waals surface area contributed by atoms with Gasteiger partial charge in [0.25, 0.3) is 5.91 Å². The molecule has 2 aromatic rings. The molecule has 1 saturated heterocycles. The Morgan fingerprint density at radius 2 is 2.22 bits per heavy atom. The lowest BCUT2D eigenvalue weighted by atomic mass is 10.1. The molecule has 0 saturated carbocycles. The first-order valence-corrected chi connectivity index (χ1v) is 9.74. The second-order valence-corrected chi connectivity index (χ2v) is 7.09. The summed E-state index contributed by atoms with van der Waals surface area (Å²) in [7, 11) is 0. The first kappa shape index (κ1) is 19.6. The van der Waals surface area contributed by atoms with Crippen LogP contribution in [0.1, 0.15) is 48.7 Å². The van der Waals surface area contributed by atoms with E-state index in [2.05, 4.69) is 22.2 Å². The Kier molecular flexibility index (Phi) is 6.63. The Balaban J connectivity index is 1.73. The lowest BCUT2D eigenvalue weighted by Gasteiger charge is -2.35. The van der Waals surface area contributed by atoms with Gasteiger partial charge in [0.05, 0.1) is 29.1 Å². The van der Waals surface area contributed by atoms with E-state index in [9.17, 15) is 4.79 Å². The van der Waals surface area contributed by atoms with Gasteiger partial charge in [-0.05, 0) is 44.4 Å². The van der Waals surface area contributed by atoms with Crippen LogP contribution >= 0.6 is 11.6 Å². The molecular weight excluding hydrogens is 364 g/mol. The van der Waals surface area contributed by atoms with Gasteiger partial charge in [0.2, 0.25) is 0 Å². The summed E-state index contributed by atoms with van der Waals surface area (Å²) in [5, 5.41) is 3.52. The Bertz CT molecular complexity index is 782. The number of carbonyl (C=O) groups excluding carboxylic acids is 1. The number of aromatic nitrogens is 2.